The second-order valence-electron chi connectivity index (χ2n) is 13.8. The molecule has 0 bridgehead atoms. The third kappa shape index (κ3) is 3.85. The molecule has 0 saturated carbocycles. The average Bonchev–Trinajstić information content (AvgIpc) is 3.77. The Morgan fingerprint density at radius 1 is 0.415 bits per heavy atom. The molecule has 5 heteroatoms. The number of benzene rings is 8. The SMILES string of the molecule is c1ccc(N(c2ccccc2)c2cc3c4c(c2)n(-c2ccccc2)c2ccccc2n-4n2c4ccccc4c4c5oc6ccccc6c5cc3c42)cc1. The maximum atomic E-state index is 6.78. The topological polar surface area (TPSA) is 30.6 Å². The van der Waals surface area contributed by atoms with Crippen molar-refractivity contribution in [3.05, 3.63) is 182 Å². The molecule has 0 saturated heterocycles. The molecule has 0 aliphatic carbocycles. The molecule has 248 valence electrons. The van der Waals surface area contributed by atoms with Crippen LogP contribution in [0.3, 0.4) is 0 Å². The summed E-state index contributed by atoms with van der Waals surface area (Å²) in [5, 5.41) is 6.89. The van der Waals surface area contributed by atoms with Crippen molar-refractivity contribution in [3.8, 4) is 11.4 Å². The maximum absolute atomic E-state index is 6.78. The van der Waals surface area contributed by atoms with E-state index in [4.69, 9.17) is 4.42 Å². The molecular formula is C48H30N4O. The Kier molecular flexibility index (Phi) is 5.71. The molecule has 4 heterocycles. The van der Waals surface area contributed by atoms with Crippen LogP contribution < -0.4 is 4.90 Å². The molecule has 8 aromatic carbocycles. The lowest BCUT2D eigenvalue weighted by atomic mass is 9.99. The predicted molar refractivity (Wildman–Crippen MR) is 219 cm³/mol. The Hall–Kier alpha value is -7.24. The van der Waals surface area contributed by atoms with Gasteiger partial charge in [-0.3, -0.25) is 0 Å². The van der Waals surface area contributed by atoms with E-state index in [9.17, 15) is 0 Å². The Morgan fingerprint density at radius 2 is 1.02 bits per heavy atom. The molecule has 0 N–H and O–H groups in total. The van der Waals surface area contributed by atoms with Crippen molar-refractivity contribution in [2.45, 2.75) is 0 Å². The summed E-state index contributed by atoms with van der Waals surface area (Å²) in [7, 11) is 0. The molecule has 53 heavy (non-hydrogen) atoms. The Balaban J connectivity index is 1.39. The molecule has 2 aliphatic rings. The van der Waals surface area contributed by atoms with Gasteiger partial charge >= 0.3 is 0 Å². The third-order valence-corrected chi connectivity index (χ3v) is 10.9. The highest BCUT2D eigenvalue weighted by Crippen LogP contribution is 2.48. The van der Waals surface area contributed by atoms with E-state index >= 15 is 0 Å². The van der Waals surface area contributed by atoms with Crippen LogP contribution in [0.2, 0.25) is 0 Å². The van der Waals surface area contributed by atoms with Gasteiger partial charge < -0.3 is 13.9 Å². The van der Waals surface area contributed by atoms with E-state index in [1.54, 1.807) is 0 Å². The van der Waals surface area contributed by atoms with Gasteiger partial charge in [-0.1, -0.05) is 103 Å². The van der Waals surface area contributed by atoms with Crippen molar-refractivity contribution in [1.29, 1.82) is 0 Å². The number of hydrogen-bond acceptors (Lipinski definition) is 2. The van der Waals surface area contributed by atoms with Crippen LogP contribution in [0.5, 0.6) is 0 Å². The van der Waals surface area contributed by atoms with Crippen LogP contribution in [0.1, 0.15) is 0 Å². The molecule has 10 aromatic rings. The van der Waals surface area contributed by atoms with Crippen LogP contribution in [-0.2, 0) is 0 Å². The minimum Gasteiger partial charge on any atom is -0.455 e. The Morgan fingerprint density at radius 3 is 1.75 bits per heavy atom. The number of hydrogen-bond donors (Lipinski definition) is 0. The summed E-state index contributed by atoms with van der Waals surface area (Å²) in [5.41, 5.74) is 12.9. The molecular weight excluding hydrogens is 649 g/mol. The van der Waals surface area contributed by atoms with Crippen LogP contribution in [0.15, 0.2) is 186 Å². The largest absolute Gasteiger partial charge is 0.455 e. The molecule has 0 unspecified atom stereocenters. The average molecular weight is 679 g/mol. The van der Waals surface area contributed by atoms with Crippen molar-refractivity contribution < 1.29 is 4.42 Å². The van der Waals surface area contributed by atoms with E-state index < -0.39 is 0 Å². The fourth-order valence-corrected chi connectivity index (χ4v) is 8.80. The fraction of sp³-hybridized carbons (Fsp3) is 0. The molecule has 2 aliphatic heterocycles. The number of fused-ring (bicyclic) bond motifs is 11. The number of anilines is 3. The molecule has 0 fully saturated rings. The zero-order valence-corrected chi connectivity index (χ0v) is 28.5. The first-order valence-corrected chi connectivity index (χ1v) is 18.0. The Bertz CT molecular complexity index is 3290. The van der Waals surface area contributed by atoms with Gasteiger partial charge in [-0.2, -0.15) is 0 Å². The highest BCUT2D eigenvalue weighted by molar-refractivity contribution is 6.31. The highest BCUT2D eigenvalue weighted by Gasteiger charge is 2.29. The van der Waals surface area contributed by atoms with Gasteiger partial charge in [0.1, 0.15) is 11.2 Å². The summed E-state index contributed by atoms with van der Waals surface area (Å²) < 4.78 is 14.1. The summed E-state index contributed by atoms with van der Waals surface area (Å²) in [6.07, 6.45) is 0. The van der Waals surface area contributed by atoms with Gasteiger partial charge in [-0.25, -0.2) is 9.20 Å². The van der Waals surface area contributed by atoms with Gasteiger partial charge in [0.25, 0.3) is 0 Å². The van der Waals surface area contributed by atoms with Gasteiger partial charge in [-0.15, -0.1) is 0 Å². The summed E-state index contributed by atoms with van der Waals surface area (Å²) in [5.74, 6) is 0. The van der Waals surface area contributed by atoms with Crippen LogP contribution in [-0.4, -0.2) is 13.8 Å². The fourth-order valence-electron chi connectivity index (χ4n) is 8.80. The lowest BCUT2D eigenvalue weighted by Gasteiger charge is -2.30. The first kappa shape index (κ1) is 28.5. The van der Waals surface area contributed by atoms with Crippen molar-refractivity contribution >= 4 is 88.1 Å². The normalized spacial score (nSPS) is 12.2. The van der Waals surface area contributed by atoms with Crippen molar-refractivity contribution in [3.63, 3.8) is 0 Å². The van der Waals surface area contributed by atoms with Crippen molar-refractivity contribution in [2.75, 3.05) is 4.90 Å². The molecule has 0 radical (unpaired) electrons. The summed E-state index contributed by atoms with van der Waals surface area (Å²) >= 11 is 0. The van der Waals surface area contributed by atoms with Crippen molar-refractivity contribution in [1.82, 2.24) is 13.8 Å². The minimum absolute atomic E-state index is 0.896. The summed E-state index contributed by atoms with van der Waals surface area (Å²) in [4.78, 5) is 2.37. The smallest absolute Gasteiger partial charge is 0.145 e. The molecule has 0 spiro atoms. The first-order valence-electron chi connectivity index (χ1n) is 18.0. The standard InChI is InChI=1S/C48H30N4O/c1-4-16-31(17-5-1)49(32-18-6-2-7-19-32)34-28-37-38-30-39-35-22-11-15-27-44(35)53-48(39)45-36-23-10-12-24-40(36)51(47(38)45)52-42-26-14-13-25-41(42)50(43(29-34)46(37)52)33-20-8-3-9-21-33/h1-30H. The molecule has 5 nitrogen and oxygen atoms in total. The number of para-hydroxylation sites is 7. The molecule has 2 aromatic heterocycles. The van der Waals surface area contributed by atoms with Gasteiger partial charge in [0, 0.05) is 49.7 Å². The molecule has 0 atom stereocenters. The van der Waals surface area contributed by atoms with E-state index in [1.165, 1.54) is 10.8 Å². The number of rotatable bonds is 4. The summed E-state index contributed by atoms with van der Waals surface area (Å²) in [6, 6.07) is 65.2. The van der Waals surface area contributed by atoms with Crippen LogP contribution in [0.25, 0.3) is 82.4 Å². The number of aromatic nitrogens is 3. The maximum Gasteiger partial charge on any atom is 0.145 e. The van der Waals surface area contributed by atoms with Crippen LogP contribution in [0, 0.1) is 0 Å². The monoisotopic (exact) mass is 678 g/mol. The van der Waals surface area contributed by atoms with E-state index in [0.717, 1.165) is 88.7 Å². The molecule has 12 rings (SSSR count). The van der Waals surface area contributed by atoms with Crippen LogP contribution in [0.4, 0.5) is 17.1 Å². The second-order valence-corrected chi connectivity index (χ2v) is 13.8. The van der Waals surface area contributed by atoms with Crippen LogP contribution >= 0.6 is 0 Å². The van der Waals surface area contributed by atoms with Gasteiger partial charge in [0.2, 0.25) is 0 Å². The van der Waals surface area contributed by atoms with E-state index in [2.05, 4.69) is 201 Å². The van der Waals surface area contributed by atoms with E-state index in [0.29, 0.717) is 0 Å². The predicted octanol–water partition coefficient (Wildman–Crippen LogP) is 12.9. The zero-order valence-electron chi connectivity index (χ0n) is 28.5. The van der Waals surface area contributed by atoms with E-state index in [-0.39, 0.29) is 0 Å². The van der Waals surface area contributed by atoms with Crippen molar-refractivity contribution in [2.24, 2.45) is 0 Å². The lowest BCUT2D eigenvalue weighted by molar-refractivity contribution is 0.673. The second kappa shape index (κ2) is 10.6. The Labute approximate surface area is 303 Å². The molecule has 0 amide bonds. The number of furan rings is 1. The van der Waals surface area contributed by atoms with Gasteiger partial charge in [-0.05, 0) is 78.9 Å². The zero-order chi connectivity index (χ0) is 34.6. The summed E-state index contributed by atoms with van der Waals surface area (Å²) in [6.45, 7) is 0. The van der Waals surface area contributed by atoms with Gasteiger partial charge in [0.05, 0.1) is 38.7 Å². The lowest BCUT2D eigenvalue weighted by Crippen LogP contribution is -2.18. The third-order valence-electron chi connectivity index (χ3n) is 10.9. The highest BCUT2D eigenvalue weighted by atomic mass is 16.3. The van der Waals surface area contributed by atoms with E-state index in [1.807, 2.05) is 0 Å². The number of nitrogens with zero attached hydrogens (tertiary/aromatic N) is 4. The quantitative estimate of drug-likeness (QED) is 0.137. The van der Waals surface area contributed by atoms with Gasteiger partial charge in [0.15, 0.2) is 0 Å². The first-order chi connectivity index (χ1) is 26.3. The minimum atomic E-state index is 0.896.